The summed E-state index contributed by atoms with van der Waals surface area (Å²) in [5.41, 5.74) is 2.66. The van der Waals surface area contributed by atoms with Crippen LogP contribution in [0.4, 0.5) is 22.7 Å². The van der Waals surface area contributed by atoms with Gasteiger partial charge in [-0.2, -0.15) is 0 Å². The van der Waals surface area contributed by atoms with Crippen LogP contribution in [0.5, 0.6) is 0 Å². The number of anilines is 3. The summed E-state index contributed by atoms with van der Waals surface area (Å²) in [5.74, 6) is -0.338. The number of carbonyl (C=O) groups excluding carboxylic acids is 1. The van der Waals surface area contributed by atoms with Crippen LogP contribution in [0.3, 0.4) is 0 Å². The number of carbonyl (C=O) groups is 1. The van der Waals surface area contributed by atoms with E-state index < -0.39 is 4.92 Å². The minimum atomic E-state index is -0.404. The first kappa shape index (κ1) is 18.3. The number of hydrogen-bond acceptors (Lipinski definition) is 5. The molecule has 4 rings (SSSR count). The van der Waals surface area contributed by atoms with Crippen molar-refractivity contribution in [3.63, 3.8) is 0 Å². The van der Waals surface area contributed by atoms with Crippen molar-refractivity contribution in [3.8, 4) is 0 Å². The third kappa shape index (κ3) is 3.78. The van der Waals surface area contributed by atoms with E-state index in [1.54, 1.807) is 12.1 Å². The summed E-state index contributed by atoms with van der Waals surface area (Å²) in [7, 11) is 0. The molecule has 7 nitrogen and oxygen atoms in total. The van der Waals surface area contributed by atoms with Gasteiger partial charge in [-0.05, 0) is 56.0 Å². The molecule has 2 aromatic carbocycles. The quantitative estimate of drug-likeness (QED) is 0.625. The Morgan fingerprint density at radius 2 is 1.61 bits per heavy atom. The van der Waals surface area contributed by atoms with Gasteiger partial charge in [-0.25, -0.2) is 0 Å². The van der Waals surface area contributed by atoms with Gasteiger partial charge in [0.1, 0.15) is 5.69 Å². The van der Waals surface area contributed by atoms with Gasteiger partial charge in [-0.15, -0.1) is 0 Å². The predicted molar refractivity (Wildman–Crippen MR) is 110 cm³/mol. The lowest BCUT2D eigenvalue weighted by atomic mass is 10.1. The molecule has 146 valence electrons. The van der Waals surface area contributed by atoms with E-state index in [0.29, 0.717) is 16.9 Å². The molecule has 28 heavy (non-hydrogen) atoms. The molecule has 0 bridgehead atoms. The summed E-state index contributed by atoms with van der Waals surface area (Å²) >= 11 is 0. The lowest BCUT2D eigenvalue weighted by Crippen LogP contribution is -2.20. The second-order valence-corrected chi connectivity index (χ2v) is 7.35. The number of nitrogens with one attached hydrogen (secondary N) is 1. The van der Waals surface area contributed by atoms with Crippen LogP contribution in [0.15, 0.2) is 42.5 Å². The van der Waals surface area contributed by atoms with Gasteiger partial charge in [0.05, 0.1) is 4.92 Å². The van der Waals surface area contributed by atoms with Crippen molar-refractivity contribution < 1.29 is 9.72 Å². The minimum absolute atomic E-state index is 0.0135. The highest BCUT2D eigenvalue weighted by Crippen LogP contribution is 2.32. The summed E-state index contributed by atoms with van der Waals surface area (Å²) in [4.78, 5) is 28.1. The second-order valence-electron chi connectivity index (χ2n) is 7.35. The minimum Gasteiger partial charge on any atom is -0.371 e. The van der Waals surface area contributed by atoms with Crippen molar-refractivity contribution in [2.75, 3.05) is 41.3 Å². The molecule has 0 aliphatic carbocycles. The van der Waals surface area contributed by atoms with E-state index in [0.717, 1.165) is 44.7 Å². The van der Waals surface area contributed by atoms with Gasteiger partial charge in [0.15, 0.2) is 0 Å². The molecule has 2 aliphatic heterocycles. The Kier molecular flexibility index (Phi) is 5.14. The first-order chi connectivity index (χ1) is 13.6. The smallest absolute Gasteiger partial charge is 0.293 e. The Morgan fingerprint density at radius 3 is 2.29 bits per heavy atom. The molecular formula is C21H24N4O3. The van der Waals surface area contributed by atoms with Gasteiger partial charge in [0, 0.05) is 49.2 Å². The van der Waals surface area contributed by atoms with E-state index in [9.17, 15) is 14.9 Å². The third-order valence-corrected chi connectivity index (χ3v) is 5.46. The highest BCUT2D eigenvalue weighted by molar-refractivity contribution is 6.05. The van der Waals surface area contributed by atoms with E-state index in [4.69, 9.17) is 0 Å². The summed E-state index contributed by atoms with van der Waals surface area (Å²) in [5, 5.41) is 14.4. The fraction of sp³-hybridized carbons (Fsp3) is 0.381. The molecule has 2 heterocycles. The first-order valence-electron chi connectivity index (χ1n) is 9.81. The van der Waals surface area contributed by atoms with Crippen molar-refractivity contribution in [1.29, 1.82) is 0 Å². The first-order valence-corrected chi connectivity index (χ1v) is 9.81. The molecule has 0 radical (unpaired) electrons. The molecule has 1 amide bonds. The van der Waals surface area contributed by atoms with Crippen molar-refractivity contribution >= 4 is 28.7 Å². The molecular weight excluding hydrogens is 356 g/mol. The molecule has 2 fully saturated rings. The molecule has 0 aromatic heterocycles. The monoisotopic (exact) mass is 380 g/mol. The average Bonchev–Trinajstić information content (AvgIpc) is 3.41. The maximum Gasteiger partial charge on any atom is 0.293 e. The average molecular weight is 380 g/mol. The number of nitro benzene ring substituents is 1. The largest absolute Gasteiger partial charge is 0.371 e. The molecule has 2 aliphatic rings. The Morgan fingerprint density at radius 1 is 0.929 bits per heavy atom. The van der Waals surface area contributed by atoms with Crippen molar-refractivity contribution in [2.45, 2.75) is 25.7 Å². The summed E-state index contributed by atoms with van der Waals surface area (Å²) in [6.07, 6.45) is 4.44. The third-order valence-electron chi connectivity index (χ3n) is 5.46. The van der Waals surface area contributed by atoms with E-state index in [2.05, 4.69) is 10.2 Å². The van der Waals surface area contributed by atoms with Crippen molar-refractivity contribution in [2.24, 2.45) is 0 Å². The zero-order chi connectivity index (χ0) is 19.5. The fourth-order valence-corrected chi connectivity index (χ4v) is 4.00. The highest BCUT2D eigenvalue weighted by Gasteiger charge is 2.24. The molecule has 7 heteroatoms. The Balaban J connectivity index is 1.54. The number of nitro groups is 1. The molecule has 0 unspecified atom stereocenters. The van der Waals surface area contributed by atoms with Gasteiger partial charge in [-0.1, -0.05) is 6.07 Å². The number of benzene rings is 2. The SMILES string of the molecule is O=C(Nc1cccc(N2CCCC2)c1)c1ccc(N2CCCC2)c([N+](=O)[O-])c1. The molecule has 2 aromatic rings. The lowest BCUT2D eigenvalue weighted by Gasteiger charge is -2.19. The van der Waals surface area contributed by atoms with Crippen LogP contribution in [-0.2, 0) is 0 Å². The lowest BCUT2D eigenvalue weighted by molar-refractivity contribution is -0.384. The van der Waals surface area contributed by atoms with Crippen molar-refractivity contribution in [1.82, 2.24) is 0 Å². The second kappa shape index (κ2) is 7.88. The molecule has 0 atom stereocenters. The zero-order valence-electron chi connectivity index (χ0n) is 15.8. The summed E-state index contributed by atoms with van der Waals surface area (Å²) in [6, 6.07) is 12.5. The molecule has 2 saturated heterocycles. The normalized spacial score (nSPS) is 16.4. The standard InChI is InChI=1S/C21H24N4O3/c26-21(22-17-6-5-7-18(15-17)23-10-1-2-11-23)16-8-9-19(20(14-16)25(27)28)24-12-3-4-13-24/h5-9,14-15H,1-4,10-13H2,(H,22,26). The van der Waals surface area contributed by atoms with Crippen LogP contribution in [0.25, 0.3) is 0 Å². The van der Waals surface area contributed by atoms with E-state index in [-0.39, 0.29) is 11.6 Å². The van der Waals surface area contributed by atoms with Crippen LogP contribution >= 0.6 is 0 Å². The van der Waals surface area contributed by atoms with Crippen molar-refractivity contribution in [3.05, 3.63) is 58.1 Å². The van der Waals surface area contributed by atoms with Gasteiger partial charge < -0.3 is 15.1 Å². The molecule has 1 N–H and O–H groups in total. The van der Waals surface area contributed by atoms with Crippen LogP contribution < -0.4 is 15.1 Å². The van der Waals surface area contributed by atoms with Gasteiger partial charge in [-0.3, -0.25) is 14.9 Å². The molecule has 0 saturated carbocycles. The Hall–Kier alpha value is -3.09. The van der Waals surface area contributed by atoms with Gasteiger partial charge in [0.25, 0.3) is 11.6 Å². The maximum atomic E-state index is 12.7. The van der Waals surface area contributed by atoms with Crippen LogP contribution in [0.1, 0.15) is 36.0 Å². The predicted octanol–water partition coefficient (Wildman–Crippen LogP) is 4.05. The number of hydrogen-bond donors (Lipinski definition) is 1. The van der Waals surface area contributed by atoms with Gasteiger partial charge in [0.2, 0.25) is 0 Å². The van der Waals surface area contributed by atoms with E-state index >= 15 is 0 Å². The Bertz CT molecular complexity index is 887. The van der Waals surface area contributed by atoms with Crippen LogP contribution in [0, 0.1) is 10.1 Å². The van der Waals surface area contributed by atoms with Crippen LogP contribution in [-0.4, -0.2) is 37.0 Å². The van der Waals surface area contributed by atoms with E-state index in [1.807, 2.05) is 29.2 Å². The fourth-order valence-electron chi connectivity index (χ4n) is 4.00. The Labute approximate surface area is 164 Å². The van der Waals surface area contributed by atoms with Gasteiger partial charge >= 0.3 is 0 Å². The maximum absolute atomic E-state index is 12.7. The number of nitrogens with zero attached hydrogens (tertiary/aromatic N) is 3. The number of rotatable bonds is 5. The highest BCUT2D eigenvalue weighted by atomic mass is 16.6. The summed E-state index contributed by atoms with van der Waals surface area (Å²) in [6.45, 7) is 3.69. The van der Waals surface area contributed by atoms with Crippen LogP contribution in [0.2, 0.25) is 0 Å². The zero-order valence-corrected chi connectivity index (χ0v) is 15.8. The summed E-state index contributed by atoms with van der Waals surface area (Å²) < 4.78 is 0. The topological polar surface area (TPSA) is 78.7 Å². The molecule has 0 spiro atoms. The van der Waals surface area contributed by atoms with E-state index in [1.165, 1.54) is 18.9 Å². The number of amides is 1.